The largest absolute Gasteiger partial charge is 0.465 e. The highest BCUT2D eigenvalue weighted by Gasteiger charge is 2.53. The van der Waals surface area contributed by atoms with Gasteiger partial charge < -0.3 is 14.0 Å². The second-order valence-corrected chi connectivity index (χ2v) is 9.43. The Morgan fingerprint density at radius 1 is 0.971 bits per heavy atom. The lowest BCUT2D eigenvalue weighted by atomic mass is 9.78. The molecule has 8 heteroatoms. The number of rotatable bonds is 12. The summed E-state index contributed by atoms with van der Waals surface area (Å²) in [6.07, 6.45) is 2.63. The fourth-order valence-electron chi connectivity index (χ4n) is 3.90. The molecular weight excluding hydrogens is 484 g/mol. The molecule has 0 aliphatic rings. The zero-order chi connectivity index (χ0) is 25.3. The van der Waals surface area contributed by atoms with Crippen molar-refractivity contribution in [3.05, 3.63) is 82.6 Å². The van der Waals surface area contributed by atoms with Crippen LogP contribution < -0.4 is 0 Å². The SMILES string of the molecule is CCCSc1ncc(C(Cc2ccccc2)(C(=O)OCC)C(=O)OCC)n1Cc1ccccc1Cl. The first-order valence-corrected chi connectivity index (χ1v) is 13.1. The van der Waals surface area contributed by atoms with Gasteiger partial charge in [0.1, 0.15) is 0 Å². The van der Waals surface area contributed by atoms with Gasteiger partial charge in [0.05, 0.1) is 31.6 Å². The maximum absolute atomic E-state index is 13.7. The summed E-state index contributed by atoms with van der Waals surface area (Å²) >= 11 is 8.07. The predicted octanol–water partition coefficient (Wildman–Crippen LogP) is 5.69. The molecule has 0 saturated carbocycles. The van der Waals surface area contributed by atoms with Crippen molar-refractivity contribution < 1.29 is 19.1 Å². The van der Waals surface area contributed by atoms with E-state index in [1.54, 1.807) is 31.8 Å². The first kappa shape index (κ1) is 26.8. The number of hydrogen-bond donors (Lipinski definition) is 0. The maximum Gasteiger partial charge on any atom is 0.330 e. The highest BCUT2D eigenvalue weighted by Crippen LogP contribution is 2.36. The van der Waals surface area contributed by atoms with Crippen LogP contribution in [-0.4, -0.2) is 40.5 Å². The van der Waals surface area contributed by atoms with Crippen molar-refractivity contribution in [1.29, 1.82) is 0 Å². The molecule has 0 bridgehead atoms. The van der Waals surface area contributed by atoms with Crippen molar-refractivity contribution >= 4 is 35.3 Å². The molecule has 0 unspecified atom stereocenters. The van der Waals surface area contributed by atoms with Gasteiger partial charge in [0, 0.05) is 17.2 Å². The van der Waals surface area contributed by atoms with Gasteiger partial charge in [-0.05, 0) is 37.5 Å². The Kier molecular flexibility index (Phi) is 9.81. The molecule has 186 valence electrons. The Balaban J connectivity index is 2.26. The normalized spacial score (nSPS) is 11.3. The second-order valence-electron chi connectivity index (χ2n) is 7.96. The summed E-state index contributed by atoms with van der Waals surface area (Å²) in [6.45, 7) is 6.14. The molecule has 1 aromatic heterocycles. The molecule has 35 heavy (non-hydrogen) atoms. The molecule has 0 aliphatic carbocycles. The third-order valence-electron chi connectivity index (χ3n) is 5.54. The second kappa shape index (κ2) is 12.8. The Morgan fingerprint density at radius 3 is 2.20 bits per heavy atom. The molecule has 0 atom stereocenters. The summed E-state index contributed by atoms with van der Waals surface area (Å²) in [4.78, 5) is 32.0. The van der Waals surface area contributed by atoms with Crippen LogP contribution in [0.15, 0.2) is 66.0 Å². The summed E-state index contributed by atoms with van der Waals surface area (Å²) in [5.41, 5.74) is 0.360. The van der Waals surface area contributed by atoms with E-state index in [-0.39, 0.29) is 19.6 Å². The minimum atomic E-state index is -1.73. The number of imidazole rings is 1. The van der Waals surface area contributed by atoms with Crippen LogP contribution in [0.2, 0.25) is 5.02 Å². The van der Waals surface area contributed by atoms with E-state index in [9.17, 15) is 9.59 Å². The number of thioether (sulfide) groups is 1. The van der Waals surface area contributed by atoms with Crippen LogP contribution in [0.25, 0.3) is 0 Å². The summed E-state index contributed by atoms with van der Waals surface area (Å²) in [7, 11) is 0. The molecule has 1 heterocycles. The van der Waals surface area contributed by atoms with Gasteiger partial charge >= 0.3 is 11.9 Å². The number of nitrogens with zero attached hydrogens (tertiary/aromatic N) is 2. The highest BCUT2D eigenvalue weighted by molar-refractivity contribution is 7.99. The Morgan fingerprint density at radius 2 is 1.60 bits per heavy atom. The molecule has 6 nitrogen and oxygen atoms in total. The third-order valence-corrected chi connectivity index (χ3v) is 7.10. The number of benzene rings is 2. The van der Waals surface area contributed by atoms with Crippen LogP contribution in [0, 0.1) is 0 Å². The van der Waals surface area contributed by atoms with E-state index in [1.807, 2.05) is 59.2 Å². The monoisotopic (exact) mass is 514 g/mol. The smallest absolute Gasteiger partial charge is 0.330 e. The minimum Gasteiger partial charge on any atom is -0.465 e. The molecule has 3 aromatic rings. The number of ether oxygens (including phenoxy) is 2. The average Bonchev–Trinajstić information content (AvgIpc) is 3.26. The minimum absolute atomic E-state index is 0.0810. The van der Waals surface area contributed by atoms with Crippen LogP contribution in [0.4, 0.5) is 0 Å². The molecule has 3 rings (SSSR count). The van der Waals surface area contributed by atoms with Crippen molar-refractivity contribution in [2.75, 3.05) is 19.0 Å². The Labute approximate surface area is 216 Å². The van der Waals surface area contributed by atoms with Crippen LogP contribution in [0.1, 0.15) is 44.0 Å². The highest BCUT2D eigenvalue weighted by atomic mass is 35.5. The van der Waals surface area contributed by atoms with E-state index in [0.717, 1.165) is 23.3 Å². The zero-order valence-electron chi connectivity index (χ0n) is 20.3. The number of hydrogen-bond acceptors (Lipinski definition) is 6. The third kappa shape index (κ3) is 6.08. The van der Waals surface area contributed by atoms with E-state index >= 15 is 0 Å². The van der Waals surface area contributed by atoms with Gasteiger partial charge in [-0.2, -0.15) is 0 Å². The van der Waals surface area contributed by atoms with Crippen LogP contribution >= 0.6 is 23.4 Å². The first-order chi connectivity index (χ1) is 17.0. The summed E-state index contributed by atoms with van der Waals surface area (Å²) in [5.74, 6) is -0.479. The van der Waals surface area contributed by atoms with Gasteiger partial charge in [-0.1, -0.05) is 78.8 Å². The van der Waals surface area contributed by atoms with Crippen LogP contribution in [-0.2, 0) is 37.4 Å². The summed E-state index contributed by atoms with van der Waals surface area (Å²) < 4.78 is 12.9. The van der Waals surface area contributed by atoms with Crippen molar-refractivity contribution in [2.45, 2.75) is 50.7 Å². The fourth-order valence-corrected chi connectivity index (χ4v) is 4.92. The molecule has 0 saturated heterocycles. The number of carbonyl (C=O) groups excluding carboxylic acids is 2. The number of carbonyl (C=O) groups is 2. The molecule has 0 N–H and O–H groups in total. The quantitative estimate of drug-likeness (QED) is 0.175. The first-order valence-electron chi connectivity index (χ1n) is 11.8. The van der Waals surface area contributed by atoms with Crippen molar-refractivity contribution in [3.63, 3.8) is 0 Å². The Hall–Kier alpha value is -2.77. The molecule has 0 fully saturated rings. The molecule has 0 spiro atoms. The zero-order valence-corrected chi connectivity index (χ0v) is 21.9. The summed E-state index contributed by atoms with van der Waals surface area (Å²) in [6, 6.07) is 16.9. The van der Waals surface area contributed by atoms with Crippen LogP contribution in [0.5, 0.6) is 0 Å². The summed E-state index contributed by atoms with van der Waals surface area (Å²) in [5, 5.41) is 1.30. The van der Waals surface area contributed by atoms with Gasteiger partial charge in [0.2, 0.25) is 5.41 Å². The maximum atomic E-state index is 13.7. The van der Waals surface area contributed by atoms with Gasteiger partial charge in [-0.3, -0.25) is 9.59 Å². The van der Waals surface area contributed by atoms with E-state index in [0.29, 0.717) is 22.4 Å². The standard InChI is InChI=1S/C27H31ClN2O4S/c1-4-16-35-26-29-18-23(30(26)19-21-14-10-11-15-22(21)28)27(24(31)33-5-2,25(32)34-6-3)17-20-12-8-7-9-13-20/h7-15,18H,4-6,16-17,19H2,1-3H3. The number of esters is 2. The van der Waals surface area contributed by atoms with Gasteiger partial charge in [0.15, 0.2) is 5.16 Å². The molecule has 2 aromatic carbocycles. The van der Waals surface area contributed by atoms with Crippen LogP contribution in [0.3, 0.4) is 0 Å². The van der Waals surface area contributed by atoms with Crippen molar-refractivity contribution in [1.82, 2.24) is 9.55 Å². The average molecular weight is 515 g/mol. The molecule has 0 aliphatic heterocycles. The lowest BCUT2D eigenvalue weighted by Gasteiger charge is -2.30. The van der Waals surface area contributed by atoms with E-state index < -0.39 is 17.4 Å². The van der Waals surface area contributed by atoms with E-state index in [4.69, 9.17) is 21.1 Å². The number of aromatic nitrogens is 2. The predicted molar refractivity (Wildman–Crippen MR) is 139 cm³/mol. The Bertz CT molecular complexity index is 1120. The fraction of sp³-hybridized carbons (Fsp3) is 0.370. The van der Waals surface area contributed by atoms with Crippen molar-refractivity contribution in [2.24, 2.45) is 0 Å². The molecule has 0 radical (unpaired) electrons. The lowest BCUT2D eigenvalue weighted by Crippen LogP contribution is -2.49. The molecule has 0 amide bonds. The van der Waals surface area contributed by atoms with E-state index in [2.05, 4.69) is 11.9 Å². The van der Waals surface area contributed by atoms with Gasteiger partial charge in [-0.15, -0.1) is 0 Å². The number of halogens is 1. The lowest BCUT2D eigenvalue weighted by molar-refractivity contribution is -0.165. The topological polar surface area (TPSA) is 70.4 Å². The van der Waals surface area contributed by atoms with E-state index in [1.165, 1.54) is 0 Å². The van der Waals surface area contributed by atoms with Gasteiger partial charge in [-0.25, -0.2) is 4.98 Å². The van der Waals surface area contributed by atoms with Gasteiger partial charge in [0.25, 0.3) is 0 Å². The molecular formula is C27H31ClN2O4S. The van der Waals surface area contributed by atoms with Crippen molar-refractivity contribution in [3.8, 4) is 0 Å².